The molecule has 3 rings (SSSR count). The highest BCUT2D eigenvalue weighted by Gasteiger charge is 2.62. The molecule has 0 unspecified atom stereocenters. The van der Waals surface area contributed by atoms with Gasteiger partial charge in [0.2, 0.25) is 16.0 Å². The SMILES string of the molecule is COC(=O)C1[C@@H]2CN(S(=O)(=O)c3c(C)nn(C)c3F)C[C@@H]12. The van der Waals surface area contributed by atoms with Gasteiger partial charge in [0.15, 0.2) is 4.90 Å². The van der Waals surface area contributed by atoms with E-state index in [0.717, 1.165) is 4.68 Å². The molecule has 9 heteroatoms. The van der Waals surface area contributed by atoms with Gasteiger partial charge in [0.05, 0.1) is 18.7 Å². The second-order valence-corrected chi connectivity index (χ2v) is 7.40. The van der Waals surface area contributed by atoms with Crippen LogP contribution in [0.1, 0.15) is 5.69 Å². The third kappa shape index (κ3) is 1.98. The van der Waals surface area contributed by atoms with E-state index in [1.165, 1.54) is 25.4 Å². The first-order valence-corrected chi connectivity index (χ1v) is 8.00. The Morgan fingerprint density at radius 2 is 1.95 bits per heavy atom. The first-order valence-electron chi connectivity index (χ1n) is 6.56. The molecule has 0 spiro atoms. The van der Waals surface area contributed by atoms with Crippen molar-refractivity contribution in [3.63, 3.8) is 0 Å². The second kappa shape index (κ2) is 4.51. The van der Waals surface area contributed by atoms with Crippen LogP contribution in [0.4, 0.5) is 4.39 Å². The van der Waals surface area contributed by atoms with E-state index >= 15 is 0 Å². The molecule has 0 radical (unpaired) electrons. The topological polar surface area (TPSA) is 81.5 Å². The van der Waals surface area contributed by atoms with Crippen LogP contribution in [0.25, 0.3) is 0 Å². The molecule has 1 aliphatic carbocycles. The lowest BCUT2D eigenvalue weighted by molar-refractivity contribution is -0.143. The molecule has 0 N–H and O–H groups in total. The van der Waals surface area contributed by atoms with E-state index in [2.05, 4.69) is 9.84 Å². The molecule has 0 amide bonds. The minimum absolute atomic E-state index is 0.0211. The number of aromatic nitrogens is 2. The summed E-state index contributed by atoms with van der Waals surface area (Å²) in [4.78, 5) is 11.1. The smallest absolute Gasteiger partial charge is 0.309 e. The first kappa shape index (κ1) is 14.5. The standard InChI is InChI=1S/C12H16FN3O4S/c1-6-10(11(13)15(2)14-6)21(18,19)16-4-7-8(5-16)9(7)12(17)20-3/h7-9H,4-5H2,1-3H3/t7-,8-/m1/s1. The van der Waals surface area contributed by atoms with Crippen LogP contribution in [0.5, 0.6) is 0 Å². The van der Waals surface area contributed by atoms with E-state index in [0.29, 0.717) is 0 Å². The quantitative estimate of drug-likeness (QED) is 0.728. The van der Waals surface area contributed by atoms with Gasteiger partial charge in [-0.3, -0.25) is 4.79 Å². The Morgan fingerprint density at radius 3 is 2.38 bits per heavy atom. The first-order chi connectivity index (χ1) is 9.78. The number of sulfonamides is 1. The molecule has 2 heterocycles. The van der Waals surface area contributed by atoms with Gasteiger partial charge in [-0.15, -0.1) is 0 Å². The number of carbonyl (C=O) groups excluding carboxylic acids is 1. The van der Waals surface area contributed by atoms with Crippen molar-refractivity contribution in [3.8, 4) is 0 Å². The number of rotatable bonds is 3. The van der Waals surface area contributed by atoms with Gasteiger partial charge in [-0.2, -0.15) is 13.8 Å². The molecule has 1 saturated carbocycles. The highest BCUT2D eigenvalue weighted by atomic mass is 32.2. The molecule has 0 bridgehead atoms. The number of aryl methyl sites for hydroxylation is 2. The molecule has 0 aromatic carbocycles. The molecular weight excluding hydrogens is 301 g/mol. The van der Waals surface area contributed by atoms with Gasteiger partial charge in [-0.05, 0) is 18.8 Å². The Bertz CT molecular complexity index is 702. The summed E-state index contributed by atoms with van der Waals surface area (Å²) < 4.78 is 45.8. The van der Waals surface area contributed by atoms with Crippen LogP contribution >= 0.6 is 0 Å². The third-order valence-corrected chi connectivity index (χ3v) is 6.29. The number of halogens is 1. The van der Waals surface area contributed by atoms with Gasteiger partial charge in [0.1, 0.15) is 0 Å². The minimum Gasteiger partial charge on any atom is -0.469 e. The van der Waals surface area contributed by atoms with E-state index in [9.17, 15) is 17.6 Å². The Balaban J connectivity index is 1.82. The lowest BCUT2D eigenvalue weighted by Gasteiger charge is -2.18. The molecule has 2 aliphatic rings. The zero-order valence-corrected chi connectivity index (χ0v) is 12.7. The van der Waals surface area contributed by atoms with E-state index < -0.39 is 16.0 Å². The van der Waals surface area contributed by atoms with Crippen molar-refractivity contribution >= 4 is 16.0 Å². The molecule has 21 heavy (non-hydrogen) atoms. The summed E-state index contributed by atoms with van der Waals surface area (Å²) in [6.45, 7) is 1.91. The molecular formula is C12H16FN3O4S. The molecule has 116 valence electrons. The number of hydrogen-bond donors (Lipinski definition) is 0. The number of fused-ring (bicyclic) bond motifs is 1. The Morgan fingerprint density at radius 1 is 1.38 bits per heavy atom. The van der Waals surface area contributed by atoms with E-state index in [-0.39, 0.29) is 47.4 Å². The molecule has 1 aromatic heterocycles. The van der Waals surface area contributed by atoms with Gasteiger partial charge in [0.25, 0.3) is 0 Å². The van der Waals surface area contributed by atoms with Crippen molar-refractivity contribution in [1.82, 2.24) is 14.1 Å². The van der Waals surface area contributed by atoms with Crippen LogP contribution in [0.3, 0.4) is 0 Å². The Kier molecular flexibility index (Phi) is 3.10. The lowest BCUT2D eigenvalue weighted by atomic mass is 10.3. The van der Waals surface area contributed by atoms with Gasteiger partial charge >= 0.3 is 5.97 Å². The van der Waals surface area contributed by atoms with Gasteiger partial charge in [-0.25, -0.2) is 13.1 Å². The second-order valence-electron chi connectivity index (χ2n) is 5.53. The highest BCUT2D eigenvalue weighted by molar-refractivity contribution is 7.89. The maximum Gasteiger partial charge on any atom is 0.309 e. The Hall–Kier alpha value is -1.48. The number of carbonyl (C=O) groups is 1. The number of methoxy groups -OCH3 is 1. The maximum absolute atomic E-state index is 14.0. The number of ether oxygens (including phenoxy) is 1. The summed E-state index contributed by atoms with van der Waals surface area (Å²) in [5.74, 6) is -1.43. The van der Waals surface area contributed by atoms with Crippen LogP contribution in [-0.2, 0) is 26.6 Å². The van der Waals surface area contributed by atoms with Crippen molar-refractivity contribution in [2.45, 2.75) is 11.8 Å². The van der Waals surface area contributed by atoms with Crippen LogP contribution < -0.4 is 0 Å². The predicted octanol–water partition coefficient (Wildman–Crippen LogP) is -0.0929. The zero-order valence-electron chi connectivity index (χ0n) is 11.9. The molecule has 2 fully saturated rings. The van der Waals surface area contributed by atoms with E-state index in [1.807, 2.05) is 0 Å². The number of hydrogen-bond acceptors (Lipinski definition) is 5. The van der Waals surface area contributed by atoms with Crippen LogP contribution in [0, 0.1) is 30.6 Å². The van der Waals surface area contributed by atoms with Gasteiger partial charge in [0, 0.05) is 20.1 Å². The van der Waals surface area contributed by atoms with Crippen molar-refractivity contribution in [3.05, 3.63) is 11.6 Å². The maximum atomic E-state index is 14.0. The summed E-state index contributed by atoms with van der Waals surface area (Å²) in [7, 11) is -1.24. The number of piperidine rings is 1. The van der Waals surface area contributed by atoms with Crippen molar-refractivity contribution < 1.29 is 22.3 Å². The fraction of sp³-hybridized carbons (Fsp3) is 0.667. The molecule has 1 saturated heterocycles. The van der Waals surface area contributed by atoms with Crippen LogP contribution in [-0.4, -0.2) is 48.7 Å². The summed E-state index contributed by atoms with van der Waals surface area (Å²) in [5.41, 5.74) is 0.139. The highest BCUT2D eigenvalue weighted by Crippen LogP contribution is 2.53. The van der Waals surface area contributed by atoms with Crippen molar-refractivity contribution in [2.75, 3.05) is 20.2 Å². The monoisotopic (exact) mass is 317 g/mol. The molecule has 2 atom stereocenters. The number of esters is 1. The zero-order chi connectivity index (χ0) is 15.5. The minimum atomic E-state index is -3.91. The summed E-state index contributed by atoms with van der Waals surface area (Å²) >= 11 is 0. The van der Waals surface area contributed by atoms with E-state index in [1.54, 1.807) is 0 Å². The summed E-state index contributed by atoms with van der Waals surface area (Å²) in [6.07, 6.45) is 0. The number of nitrogens with zero attached hydrogens (tertiary/aromatic N) is 3. The average molecular weight is 317 g/mol. The van der Waals surface area contributed by atoms with Gasteiger partial charge < -0.3 is 4.74 Å². The Labute approximate surface area is 121 Å². The van der Waals surface area contributed by atoms with Crippen molar-refractivity contribution in [1.29, 1.82) is 0 Å². The normalized spacial score (nSPS) is 28.5. The lowest BCUT2D eigenvalue weighted by Crippen LogP contribution is -2.33. The fourth-order valence-corrected chi connectivity index (χ4v) is 4.96. The predicted molar refractivity (Wildman–Crippen MR) is 69.1 cm³/mol. The molecule has 7 nitrogen and oxygen atoms in total. The summed E-state index contributed by atoms with van der Waals surface area (Å²) in [5, 5.41) is 3.80. The van der Waals surface area contributed by atoms with E-state index in [4.69, 9.17) is 0 Å². The van der Waals surface area contributed by atoms with Crippen molar-refractivity contribution in [2.24, 2.45) is 24.8 Å². The third-order valence-electron chi connectivity index (χ3n) is 4.33. The van der Waals surface area contributed by atoms with Crippen LogP contribution in [0.15, 0.2) is 4.90 Å². The van der Waals surface area contributed by atoms with Gasteiger partial charge in [-0.1, -0.05) is 0 Å². The summed E-state index contributed by atoms with van der Waals surface area (Å²) in [6, 6.07) is 0. The molecule has 1 aromatic rings. The average Bonchev–Trinajstić information content (AvgIpc) is 2.76. The largest absolute Gasteiger partial charge is 0.469 e. The fourth-order valence-electron chi connectivity index (χ4n) is 3.20. The van der Waals surface area contributed by atoms with Crippen LogP contribution in [0.2, 0.25) is 0 Å². The molecule has 1 aliphatic heterocycles.